The van der Waals surface area contributed by atoms with Crippen LogP contribution in [-0.4, -0.2) is 37.2 Å². The molecule has 0 radical (unpaired) electrons. The molecule has 65 heavy (non-hydrogen) atoms. The topological polar surface area (TPSA) is 78.9 Å². The molecule has 0 N–H and O–H groups in total. The van der Waals surface area contributed by atoms with Crippen LogP contribution in [0.5, 0.6) is 0 Å². The van der Waals surface area contributed by atoms with Gasteiger partial charge in [-0.25, -0.2) is 0 Å². The number of carbonyl (C=O) groups is 3. The average Bonchev–Trinajstić information content (AvgIpc) is 3.30. The van der Waals surface area contributed by atoms with E-state index in [1.54, 1.807) is 0 Å². The van der Waals surface area contributed by atoms with Crippen molar-refractivity contribution in [3.63, 3.8) is 0 Å². The average molecular weight is 918 g/mol. The van der Waals surface area contributed by atoms with E-state index in [1.807, 2.05) is 0 Å². The van der Waals surface area contributed by atoms with E-state index < -0.39 is 6.10 Å². The van der Waals surface area contributed by atoms with Gasteiger partial charge in [0.05, 0.1) is 0 Å². The van der Waals surface area contributed by atoms with Gasteiger partial charge in [-0.3, -0.25) is 14.4 Å². The summed E-state index contributed by atoms with van der Waals surface area (Å²) < 4.78 is 16.9. The number of hydrogen-bond acceptors (Lipinski definition) is 6. The first-order valence-electron chi connectivity index (χ1n) is 29.2. The summed E-state index contributed by atoms with van der Waals surface area (Å²) in [5, 5.41) is 0. The Labute approximate surface area is 405 Å². The van der Waals surface area contributed by atoms with Gasteiger partial charge in [-0.05, 0) is 44.9 Å². The first-order chi connectivity index (χ1) is 32.0. The Balaban J connectivity index is 4.30. The van der Waals surface area contributed by atoms with E-state index in [0.29, 0.717) is 19.3 Å². The van der Waals surface area contributed by atoms with E-state index >= 15 is 0 Å². The molecule has 0 aliphatic rings. The zero-order chi connectivity index (χ0) is 47.2. The van der Waals surface area contributed by atoms with Crippen molar-refractivity contribution in [2.75, 3.05) is 13.2 Å². The molecule has 0 fully saturated rings. The number of hydrogen-bond donors (Lipinski definition) is 0. The van der Waals surface area contributed by atoms with Gasteiger partial charge < -0.3 is 14.2 Å². The van der Waals surface area contributed by atoms with Crippen LogP contribution in [0.1, 0.15) is 329 Å². The molecule has 0 bridgehead atoms. The molecule has 6 nitrogen and oxygen atoms in total. The van der Waals surface area contributed by atoms with Gasteiger partial charge in [-0.15, -0.1) is 0 Å². The number of esters is 3. The fourth-order valence-corrected chi connectivity index (χ4v) is 8.85. The van der Waals surface area contributed by atoms with Crippen LogP contribution in [0.2, 0.25) is 0 Å². The third kappa shape index (κ3) is 53.0. The number of carbonyl (C=O) groups excluding carboxylic acids is 3. The van der Waals surface area contributed by atoms with Crippen molar-refractivity contribution in [1.29, 1.82) is 0 Å². The van der Waals surface area contributed by atoms with E-state index in [2.05, 4.69) is 32.9 Å². The molecule has 6 heteroatoms. The fraction of sp³-hybridized carbons (Fsp3) is 0.915. The molecule has 0 aliphatic carbocycles. The smallest absolute Gasteiger partial charge is 0.306 e. The number of ether oxygens (including phenoxy) is 3. The molecule has 0 saturated carbocycles. The van der Waals surface area contributed by atoms with Crippen molar-refractivity contribution in [3.8, 4) is 0 Å². The summed E-state index contributed by atoms with van der Waals surface area (Å²) in [7, 11) is 0. The van der Waals surface area contributed by atoms with E-state index in [0.717, 1.165) is 64.2 Å². The van der Waals surface area contributed by atoms with E-state index in [1.165, 1.54) is 225 Å². The molecule has 0 aromatic carbocycles. The first kappa shape index (κ1) is 63.1. The Hall–Kier alpha value is -1.85. The molecule has 384 valence electrons. The maximum atomic E-state index is 12.9. The normalized spacial score (nSPS) is 12.0. The minimum Gasteiger partial charge on any atom is -0.462 e. The van der Waals surface area contributed by atoms with Gasteiger partial charge in [-0.2, -0.15) is 0 Å². The fourth-order valence-electron chi connectivity index (χ4n) is 8.85. The van der Waals surface area contributed by atoms with Gasteiger partial charge in [0, 0.05) is 19.3 Å². The van der Waals surface area contributed by atoms with Crippen LogP contribution in [0.4, 0.5) is 0 Å². The molecule has 0 amide bonds. The summed E-state index contributed by atoms with van der Waals surface area (Å²) in [6.07, 6.45) is 62.0. The van der Waals surface area contributed by atoms with Gasteiger partial charge in [0.1, 0.15) is 13.2 Å². The lowest BCUT2D eigenvalue weighted by Gasteiger charge is -2.18. The zero-order valence-corrected chi connectivity index (χ0v) is 44.0. The zero-order valence-electron chi connectivity index (χ0n) is 44.0. The predicted octanol–water partition coefficient (Wildman–Crippen LogP) is 19.3. The van der Waals surface area contributed by atoms with Crippen molar-refractivity contribution >= 4 is 17.9 Å². The van der Waals surface area contributed by atoms with E-state index in [4.69, 9.17) is 14.2 Å². The van der Waals surface area contributed by atoms with Gasteiger partial charge in [0.15, 0.2) is 6.10 Å². The first-order valence-corrected chi connectivity index (χ1v) is 29.2. The maximum absolute atomic E-state index is 12.9. The van der Waals surface area contributed by atoms with Crippen molar-refractivity contribution < 1.29 is 28.6 Å². The van der Waals surface area contributed by atoms with Gasteiger partial charge in [0.25, 0.3) is 0 Å². The highest BCUT2D eigenvalue weighted by Gasteiger charge is 2.19. The minimum atomic E-state index is -0.767. The van der Waals surface area contributed by atoms with Crippen LogP contribution in [0.3, 0.4) is 0 Å². The van der Waals surface area contributed by atoms with Crippen LogP contribution in [0.25, 0.3) is 0 Å². The summed E-state index contributed by atoms with van der Waals surface area (Å²) in [4.78, 5) is 38.1. The third-order valence-corrected chi connectivity index (χ3v) is 13.3. The summed E-state index contributed by atoms with van der Waals surface area (Å²) in [5.74, 6) is -0.850. The van der Waals surface area contributed by atoms with Crippen molar-refractivity contribution in [3.05, 3.63) is 12.2 Å². The summed E-state index contributed by atoms with van der Waals surface area (Å²) in [5.41, 5.74) is 0. The quantitative estimate of drug-likeness (QED) is 0.0262. The van der Waals surface area contributed by atoms with Crippen LogP contribution < -0.4 is 0 Å². The summed E-state index contributed by atoms with van der Waals surface area (Å²) in [6, 6.07) is 0. The molecule has 0 heterocycles. The molecule has 1 atom stereocenters. The summed E-state index contributed by atoms with van der Waals surface area (Å²) in [6.45, 7) is 6.68. The van der Waals surface area contributed by atoms with Crippen LogP contribution in [0.15, 0.2) is 12.2 Å². The molecule has 0 spiro atoms. The second-order valence-electron chi connectivity index (χ2n) is 19.9. The molecular weight excluding hydrogens is 805 g/mol. The number of unbranched alkanes of at least 4 members (excludes halogenated alkanes) is 41. The van der Waals surface area contributed by atoms with Crippen LogP contribution in [-0.2, 0) is 28.6 Å². The highest BCUT2D eigenvalue weighted by molar-refractivity contribution is 5.71. The molecule has 0 aromatic rings. The Morgan fingerprint density at radius 1 is 0.292 bits per heavy atom. The van der Waals surface area contributed by atoms with Crippen molar-refractivity contribution in [2.45, 2.75) is 335 Å². The number of allylic oxidation sites excluding steroid dienone is 2. The minimum absolute atomic E-state index is 0.0664. The lowest BCUT2D eigenvalue weighted by atomic mass is 10.0. The molecule has 0 unspecified atom stereocenters. The van der Waals surface area contributed by atoms with Crippen LogP contribution in [0, 0.1) is 0 Å². The van der Waals surface area contributed by atoms with Crippen molar-refractivity contribution in [2.24, 2.45) is 0 Å². The standard InChI is InChI=1S/C59H112O6/c1-4-7-10-13-16-19-22-25-27-29-31-34-37-40-43-46-49-52-58(61)64-55-56(54-63-57(60)51-48-45-42-39-36-33-24-21-18-15-12-9-6-3)65-59(62)53-50-47-44-41-38-35-32-30-28-26-23-20-17-14-11-8-5-2/h21,24,56H,4-20,22-23,25-55H2,1-3H3/b24-21-/t56-/m1/s1. The lowest BCUT2D eigenvalue weighted by Crippen LogP contribution is -2.30. The Morgan fingerprint density at radius 3 is 0.785 bits per heavy atom. The molecular formula is C59H112O6. The second kappa shape index (κ2) is 54.8. The Morgan fingerprint density at radius 2 is 0.508 bits per heavy atom. The van der Waals surface area contributed by atoms with Gasteiger partial charge >= 0.3 is 17.9 Å². The molecule has 0 aliphatic heterocycles. The number of rotatable bonds is 54. The monoisotopic (exact) mass is 917 g/mol. The predicted molar refractivity (Wildman–Crippen MR) is 280 cm³/mol. The molecule has 0 rings (SSSR count). The lowest BCUT2D eigenvalue weighted by molar-refractivity contribution is -0.167. The maximum Gasteiger partial charge on any atom is 0.306 e. The SMILES string of the molecule is CCCCCC/C=C\CCCCCCCC(=O)OC[C@H](COC(=O)CCCCCCCCCCCCCCCCCCC)OC(=O)CCCCCCCCCCCCCCCCCCC. The largest absolute Gasteiger partial charge is 0.462 e. The van der Waals surface area contributed by atoms with Gasteiger partial charge in [-0.1, -0.05) is 277 Å². The second-order valence-corrected chi connectivity index (χ2v) is 19.9. The Bertz CT molecular complexity index is 1010. The van der Waals surface area contributed by atoms with Crippen molar-refractivity contribution in [1.82, 2.24) is 0 Å². The Kier molecular flexibility index (Phi) is 53.2. The third-order valence-electron chi connectivity index (χ3n) is 13.3. The highest BCUT2D eigenvalue weighted by atomic mass is 16.6. The van der Waals surface area contributed by atoms with Crippen LogP contribution >= 0.6 is 0 Å². The van der Waals surface area contributed by atoms with E-state index in [9.17, 15) is 14.4 Å². The molecule has 0 aromatic heterocycles. The highest BCUT2D eigenvalue weighted by Crippen LogP contribution is 2.17. The summed E-state index contributed by atoms with van der Waals surface area (Å²) >= 11 is 0. The molecule has 0 saturated heterocycles. The van der Waals surface area contributed by atoms with Gasteiger partial charge in [0.2, 0.25) is 0 Å². The van der Waals surface area contributed by atoms with E-state index in [-0.39, 0.29) is 31.1 Å².